The largest absolute Gasteiger partial charge is 0.289 e. The SMILES string of the molecule is c1cc([C@H]2CCCN2Cc2nnnn2C2CC2)cs1. The van der Waals surface area contributed by atoms with Gasteiger partial charge in [0.25, 0.3) is 0 Å². The lowest BCUT2D eigenvalue weighted by molar-refractivity contribution is 0.237. The first-order valence-corrected chi connectivity index (χ1v) is 7.89. The molecule has 0 unspecified atom stereocenters. The van der Waals surface area contributed by atoms with E-state index in [0.717, 1.165) is 18.9 Å². The zero-order chi connectivity index (χ0) is 12.7. The Morgan fingerprint density at radius 2 is 2.26 bits per heavy atom. The summed E-state index contributed by atoms with van der Waals surface area (Å²) in [6.07, 6.45) is 4.98. The molecule has 0 radical (unpaired) electrons. The van der Waals surface area contributed by atoms with Gasteiger partial charge in [0.15, 0.2) is 5.82 Å². The fourth-order valence-electron chi connectivity index (χ4n) is 2.96. The van der Waals surface area contributed by atoms with E-state index >= 15 is 0 Å². The first kappa shape index (κ1) is 11.5. The van der Waals surface area contributed by atoms with Crippen molar-refractivity contribution in [2.24, 2.45) is 0 Å². The summed E-state index contributed by atoms with van der Waals surface area (Å²) in [7, 11) is 0. The molecule has 2 fully saturated rings. The molecule has 100 valence electrons. The molecule has 2 aromatic heterocycles. The van der Waals surface area contributed by atoms with Crippen LogP contribution >= 0.6 is 11.3 Å². The zero-order valence-electron chi connectivity index (χ0n) is 10.8. The van der Waals surface area contributed by atoms with Crippen LogP contribution in [0.5, 0.6) is 0 Å². The lowest BCUT2D eigenvalue weighted by Gasteiger charge is -2.23. The number of hydrogen-bond donors (Lipinski definition) is 0. The second-order valence-corrected chi connectivity index (χ2v) is 6.24. The van der Waals surface area contributed by atoms with Gasteiger partial charge in [-0.3, -0.25) is 4.90 Å². The van der Waals surface area contributed by atoms with E-state index in [0.29, 0.717) is 12.1 Å². The Balaban J connectivity index is 1.53. The number of aromatic nitrogens is 4. The molecule has 6 heteroatoms. The minimum Gasteiger partial charge on any atom is -0.289 e. The minimum absolute atomic E-state index is 0.551. The van der Waals surface area contributed by atoms with Gasteiger partial charge in [-0.25, -0.2) is 4.68 Å². The lowest BCUT2D eigenvalue weighted by Crippen LogP contribution is -2.24. The van der Waals surface area contributed by atoms with Crippen LogP contribution in [0.3, 0.4) is 0 Å². The van der Waals surface area contributed by atoms with E-state index in [1.165, 1.54) is 31.2 Å². The second-order valence-electron chi connectivity index (χ2n) is 5.46. The summed E-state index contributed by atoms with van der Waals surface area (Å²) < 4.78 is 2.03. The summed E-state index contributed by atoms with van der Waals surface area (Å²) in [5.41, 5.74) is 1.45. The maximum Gasteiger partial charge on any atom is 0.165 e. The fourth-order valence-corrected chi connectivity index (χ4v) is 3.67. The smallest absolute Gasteiger partial charge is 0.165 e. The quantitative estimate of drug-likeness (QED) is 0.859. The summed E-state index contributed by atoms with van der Waals surface area (Å²) in [5, 5.41) is 16.6. The minimum atomic E-state index is 0.551. The highest BCUT2D eigenvalue weighted by Gasteiger charge is 2.31. The maximum absolute atomic E-state index is 4.22. The molecule has 1 saturated heterocycles. The summed E-state index contributed by atoms with van der Waals surface area (Å²) in [5.74, 6) is 1.03. The molecular weight excluding hydrogens is 258 g/mol. The molecule has 1 aliphatic heterocycles. The van der Waals surface area contributed by atoms with Gasteiger partial charge in [-0.1, -0.05) is 0 Å². The Bertz CT molecular complexity index is 545. The Labute approximate surface area is 116 Å². The summed E-state index contributed by atoms with van der Waals surface area (Å²) in [6.45, 7) is 2.03. The summed E-state index contributed by atoms with van der Waals surface area (Å²) in [4.78, 5) is 2.52. The third-order valence-corrected chi connectivity index (χ3v) is 4.79. The third kappa shape index (κ3) is 2.19. The average molecular weight is 275 g/mol. The van der Waals surface area contributed by atoms with Crippen LogP contribution in [0.1, 0.15) is 49.2 Å². The highest BCUT2D eigenvalue weighted by atomic mass is 32.1. The molecule has 4 rings (SSSR count). The van der Waals surface area contributed by atoms with Gasteiger partial charge in [0.05, 0.1) is 12.6 Å². The first-order valence-electron chi connectivity index (χ1n) is 6.95. The third-order valence-electron chi connectivity index (χ3n) is 4.09. The van der Waals surface area contributed by atoms with Crippen LogP contribution in [0.2, 0.25) is 0 Å². The van der Waals surface area contributed by atoms with Crippen LogP contribution in [-0.4, -0.2) is 31.7 Å². The molecule has 3 heterocycles. The molecule has 0 bridgehead atoms. The number of rotatable bonds is 4. The average Bonchev–Trinajstić information content (AvgIpc) is 2.90. The van der Waals surface area contributed by atoms with Crippen LogP contribution in [0.15, 0.2) is 16.8 Å². The highest BCUT2D eigenvalue weighted by Crippen LogP contribution is 2.37. The van der Waals surface area contributed by atoms with Crippen molar-refractivity contribution in [3.8, 4) is 0 Å². The Morgan fingerprint density at radius 3 is 3.05 bits per heavy atom. The van der Waals surface area contributed by atoms with Gasteiger partial charge in [-0.15, -0.1) is 5.10 Å². The molecule has 2 aromatic rings. The second kappa shape index (κ2) is 4.68. The normalized spacial score (nSPS) is 24.1. The molecule has 5 nitrogen and oxygen atoms in total. The molecule has 0 spiro atoms. The lowest BCUT2D eigenvalue weighted by atomic mass is 10.1. The zero-order valence-corrected chi connectivity index (χ0v) is 11.6. The number of likely N-dealkylation sites (tertiary alicyclic amines) is 1. The molecular formula is C13H17N5S. The van der Waals surface area contributed by atoms with Gasteiger partial charge in [-0.2, -0.15) is 11.3 Å². The Kier molecular flexibility index (Phi) is 2.85. The Hall–Kier alpha value is -1.27. The number of nitrogens with zero attached hydrogens (tertiary/aromatic N) is 5. The van der Waals surface area contributed by atoms with E-state index in [1.54, 1.807) is 11.3 Å². The predicted molar refractivity (Wildman–Crippen MR) is 72.8 cm³/mol. The fraction of sp³-hybridized carbons (Fsp3) is 0.615. The standard InChI is InChI=1S/C13H17N5S/c1-2-12(10-5-7-19-9-10)17(6-1)8-13-14-15-16-18(13)11-3-4-11/h5,7,9,11-12H,1-4,6,8H2/t12-/m1/s1. The van der Waals surface area contributed by atoms with Crippen LogP contribution in [-0.2, 0) is 6.54 Å². The van der Waals surface area contributed by atoms with Crippen LogP contribution in [0.25, 0.3) is 0 Å². The van der Waals surface area contributed by atoms with Gasteiger partial charge < -0.3 is 0 Å². The van der Waals surface area contributed by atoms with Gasteiger partial charge >= 0.3 is 0 Å². The van der Waals surface area contributed by atoms with Crippen molar-refractivity contribution < 1.29 is 0 Å². The molecule has 0 aromatic carbocycles. The van der Waals surface area contributed by atoms with Crippen molar-refractivity contribution in [2.45, 2.75) is 44.3 Å². The van der Waals surface area contributed by atoms with Crippen LogP contribution in [0.4, 0.5) is 0 Å². The molecule has 1 atom stereocenters. The summed E-state index contributed by atoms with van der Waals surface area (Å²) in [6, 6.07) is 3.36. The molecule has 1 aliphatic carbocycles. The van der Waals surface area contributed by atoms with E-state index in [2.05, 4.69) is 37.3 Å². The van der Waals surface area contributed by atoms with E-state index in [-0.39, 0.29) is 0 Å². The predicted octanol–water partition coefficient (Wildman–Crippen LogP) is 2.41. The van der Waals surface area contributed by atoms with Gasteiger partial charge in [0.2, 0.25) is 0 Å². The van der Waals surface area contributed by atoms with Gasteiger partial charge in [0.1, 0.15) is 0 Å². The summed E-state index contributed by atoms with van der Waals surface area (Å²) >= 11 is 1.78. The van der Waals surface area contributed by atoms with Crippen LogP contribution < -0.4 is 0 Å². The van der Waals surface area contributed by atoms with Crippen LogP contribution in [0, 0.1) is 0 Å². The van der Waals surface area contributed by atoms with Crippen molar-refractivity contribution in [3.05, 3.63) is 28.2 Å². The number of hydrogen-bond acceptors (Lipinski definition) is 5. The molecule has 0 amide bonds. The van der Waals surface area contributed by atoms with E-state index < -0.39 is 0 Å². The van der Waals surface area contributed by atoms with Gasteiger partial charge in [0, 0.05) is 6.04 Å². The van der Waals surface area contributed by atoms with E-state index in [9.17, 15) is 0 Å². The topological polar surface area (TPSA) is 46.8 Å². The molecule has 1 saturated carbocycles. The molecule has 19 heavy (non-hydrogen) atoms. The maximum atomic E-state index is 4.22. The van der Waals surface area contributed by atoms with Crippen molar-refractivity contribution in [2.75, 3.05) is 6.54 Å². The van der Waals surface area contributed by atoms with Crippen molar-refractivity contribution >= 4 is 11.3 Å². The molecule has 0 N–H and O–H groups in total. The van der Waals surface area contributed by atoms with E-state index in [4.69, 9.17) is 0 Å². The van der Waals surface area contributed by atoms with E-state index in [1.807, 2.05) is 4.68 Å². The monoisotopic (exact) mass is 275 g/mol. The van der Waals surface area contributed by atoms with Crippen molar-refractivity contribution in [3.63, 3.8) is 0 Å². The number of thiophene rings is 1. The highest BCUT2D eigenvalue weighted by molar-refractivity contribution is 7.07. The Morgan fingerprint density at radius 1 is 1.32 bits per heavy atom. The van der Waals surface area contributed by atoms with Crippen molar-refractivity contribution in [1.29, 1.82) is 0 Å². The van der Waals surface area contributed by atoms with Crippen molar-refractivity contribution in [1.82, 2.24) is 25.1 Å². The van der Waals surface area contributed by atoms with Gasteiger partial charge in [-0.05, 0) is 65.0 Å². The number of tetrazole rings is 1. The molecule has 2 aliphatic rings. The first-order chi connectivity index (χ1) is 9.42.